The fraction of sp³-hybridized carbons (Fsp3) is 0.500. The maximum atomic E-state index is 12.1. The monoisotopic (exact) mass is 318 g/mol. The van der Waals surface area contributed by atoms with Crippen molar-refractivity contribution in [2.75, 3.05) is 7.11 Å². The van der Waals surface area contributed by atoms with E-state index in [1.807, 2.05) is 6.92 Å². The molecule has 0 aliphatic heterocycles. The van der Waals surface area contributed by atoms with E-state index in [1.54, 1.807) is 0 Å². The first-order valence-corrected chi connectivity index (χ1v) is 7.82. The minimum absolute atomic E-state index is 0.0293. The minimum Gasteiger partial charge on any atom is -0.480 e. The highest BCUT2D eigenvalue weighted by atomic mass is 32.2. The van der Waals surface area contributed by atoms with Crippen molar-refractivity contribution in [3.8, 4) is 0 Å². The summed E-state index contributed by atoms with van der Waals surface area (Å²) in [6, 6.07) is -0.112. The van der Waals surface area contributed by atoms with Gasteiger partial charge in [0.2, 0.25) is 10.0 Å². The van der Waals surface area contributed by atoms with Crippen molar-refractivity contribution >= 4 is 22.0 Å². The number of ether oxygens (including phenoxy) is 1. The molecule has 1 heterocycles. The molecule has 3 N–H and O–H groups in total. The Labute approximate surface area is 122 Å². The lowest BCUT2D eigenvalue weighted by Crippen LogP contribution is -2.40. The van der Waals surface area contributed by atoms with Gasteiger partial charge in [0, 0.05) is 6.20 Å². The van der Waals surface area contributed by atoms with E-state index in [0.29, 0.717) is 6.42 Å². The number of carboxylic acid groups (broad SMARTS) is 1. The van der Waals surface area contributed by atoms with Crippen molar-refractivity contribution in [1.29, 1.82) is 0 Å². The Kier molecular flexibility index (Phi) is 5.91. The zero-order valence-electron chi connectivity index (χ0n) is 11.8. The zero-order valence-corrected chi connectivity index (χ0v) is 12.6. The van der Waals surface area contributed by atoms with Gasteiger partial charge in [-0.05, 0) is 12.5 Å². The van der Waals surface area contributed by atoms with E-state index in [9.17, 15) is 18.0 Å². The minimum atomic E-state index is -4.03. The number of sulfonamides is 1. The van der Waals surface area contributed by atoms with E-state index in [1.165, 1.54) is 7.11 Å². The molecule has 118 valence electrons. The topological polar surface area (TPSA) is 126 Å². The number of rotatable bonds is 8. The van der Waals surface area contributed by atoms with Gasteiger partial charge in [0.05, 0.1) is 7.11 Å². The Balaban J connectivity index is 2.91. The van der Waals surface area contributed by atoms with Crippen molar-refractivity contribution in [3.05, 3.63) is 18.0 Å². The second kappa shape index (κ2) is 7.23. The van der Waals surface area contributed by atoms with Gasteiger partial charge in [0.1, 0.15) is 16.6 Å². The van der Waals surface area contributed by atoms with Crippen LogP contribution in [0.1, 0.15) is 36.7 Å². The number of H-pyrrole nitrogens is 1. The molecule has 0 fully saturated rings. The van der Waals surface area contributed by atoms with Gasteiger partial charge in [-0.25, -0.2) is 13.2 Å². The maximum Gasteiger partial charge on any atom is 0.354 e. The first-order valence-electron chi connectivity index (χ1n) is 6.33. The average molecular weight is 318 g/mol. The van der Waals surface area contributed by atoms with E-state index in [-0.39, 0.29) is 17.0 Å². The highest BCUT2D eigenvalue weighted by Gasteiger charge is 2.26. The van der Waals surface area contributed by atoms with Crippen LogP contribution in [0.5, 0.6) is 0 Å². The predicted molar refractivity (Wildman–Crippen MR) is 73.4 cm³/mol. The highest BCUT2D eigenvalue weighted by molar-refractivity contribution is 7.89. The molecule has 0 saturated carbocycles. The van der Waals surface area contributed by atoms with Crippen molar-refractivity contribution in [2.45, 2.75) is 37.1 Å². The fourth-order valence-electron chi connectivity index (χ4n) is 1.65. The molecule has 1 aromatic heterocycles. The van der Waals surface area contributed by atoms with Gasteiger partial charge in [-0.2, -0.15) is 4.72 Å². The third-order valence-corrected chi connectivity index (χ3v) is 4.27. The smallest absolute Gasteiger partial charge is 0.354 e. The van der Waals surface area contributed by atoms with Gasteiger partial charge >= 0.3 is 11.9 Å². The Hall–Kier alpha value is -1.87. The van der Waals surface area contributed by atoms with Crippen LogP contribution in [0.25, 0.3) is 0 Å². The second-order valence-electron chi connectivity index (χ2n) is 4.39. The molecule has 0 aliphatic carbocycles. The number of aliphatic carboxylic acids is 1. The summed E-state index contributed by atoms with van der Waals surface area (Å²) in [5.41, 5.74) is -0.0293. The van der Waals surface area contributed by atoms with Crippen molar-refractivity contribution in [2.24, 2.45) is 0 Å². The van der Waals surface area contributed by atoms with E-state index < -0.39 is 28.0 Å². The van der Waals surface area contributed by atoms with Crippen LogP contribution >= 0.6 is 0 Å². The van der Waals surface area contributed by atoms with Gasteiger partial charge < -0.3 is 14.8 Å². The molecular formula is C12H18N2O6S. The molecule has 0 saturated heterocycles. The summed E-state index contributed by atoms with van der Waals surface area (Å²) in [4.78, 5) is 24.6. The maximum absolute atomic E-state index is 12.1. The molecule has 1 atom stereocenters. The number of hydrogen-bond acceptors (Lipinski definition) is 5. The third kappa shape index (κ3) is 4.57. The van der Waals surface area contributed by atoms with E-state index in [0.717, 1.165) is 18.7 Å². The molecule has 1 aromatic rings. The molecule has 0 radical (unpaired) electrons. The molecule has 0 aromatic carbocycles. The standard InChI is InChI=1S/C12H18N2O6S/c1-3-4-5-9(11(15)16)14-21(18,19)8-6-10(13-7-8)12(17)20-2/h6-7,9,13-14H,3-5H2,1-2H3,(H,15,16). The molecule has 0 bridgehead atoms. The predicted octanol–water partition coefficient (Wildman–Crippen LogP) is 0.723. The Morgan fingerprint density at radius 2 is 2.14 bits per heavy atom. The number of esters is 1. The van der Waals surface area contributed by atoms with E-state index in [4.69, 9.17) is 5.11 Å². The number of aromatic amines is 1. The molecule has 21 heavy (non-hydrogen) atoms. The third-order valence-electron chi connectivity index (χ3n) is 2.81. The van der Waals surface area contributed by atoms with Crippen molar-refractivity contribution in [1.82, 2.24) is 9.71 Å². The summed E-state index contributed by atoms with van der Waals surface area (Å²) in [6.45, 7) is 1.88. The molecule has 0 amide bonds. The number of hydrogen-bond donors (Lipinski definition) is 3. The summed E-state index contributed by atoms with van der Waals surface area (Å²) in [5.74, 6) is -1.95. The van der Waals surface area contributed by atoms with Gasteiger partial charge in [-0.15, -0.1) is 0 Å². The second-order valence-corrected chi connectivity index (χ2v) is 6.11. The number of nitrogens with one attached hydrogen (secondary N) is 2. The number of methoxy groups -OCH3 is 1. The summed E-state index contributed by atoms with van der Waals surface area (Å²) >= 11 is 0. The van der Waals surface area contributed by atoms with Gasteiger partial charge in [0.25, 0.3) is 0 Å². The van der Waals surface area contributed by atoms with Gasteiger partial charge in [0.15, 0.2) is 0 Å². The van der Waals surface area contributed by atoms with E-state index in [2.05, 4.69) is 14.4 Å². The number of unbranched alkanes of at least 4 members (excludes halogenated alkanes) is 1. The van der Waals surface area contributed by atoms with Gasteiger partial charge in [-0.1, -0.05) is 19.8 Å². The number of aromatic nitrogens is 1. The zero-order chi connectivity index (χ0) is 16.0. The Bertz CT molecular complexity index is 607. The lowest BCUT2D eigenvalue weighted by atomic mass is 10.1. The van der Waals surface area contributed by atoms with Crippen LogP contribution in [0.15, 0.2) is 17.2 Å². The van der Waals surface area contributed by atoms with Crippen LogP contribution in [-0.4, -0.2) is 43.6 Å². The molecule has 0 spiro atoms. The Morgan fingerprint density at radius 1 is 1.48 bits per heavy atom. The lowest BCUT2D eigenvalue weighted by Gasteiger charge is -2.13. The summed E-state index contributed by atoms with van der Waals surface area (Å²) in [7, 11) is -2.86. The average Bonchev–Trinajstić information content (AvgIpc) is 2.92. The first kappa shape index (κ1) is 17.2. The van der Waals surface area contributed by atoms with Crippen LogP contribution in [-0.2, 0) is 19.6 Å². The fourth-order valence-corrected chi connectivity index (χ4v) is 2.87. The van der Waals surface area contributed by atoms with Crippen LogP contribution < -0.4 is 4.72 Å². The summed E-state index contributed by atoms with van der Waals surface area (Å²) in [6.07, 6.45) is 2.63. The Morgan fingerprint density at radius 3 is 2.67 bits per heavy atom. The number of carbonyl (C=O) groups excluding carboxylic acids is 1. The van der Waals surface area contributed by atoms with Crippen molar-refractivity contribution < 1.29 is 27.9 Å². The van der Waals surface area contributed by atoms with Gasteiger partial charge in [-0.3, -0.25) is 4.79 Å². The van der Waals surface area contributed by atoms with Crippen LogP contribution in [0.2, 0.25) is 0 Å². The summed E-state index contributed by atoms with van der Waals surface area (Å²) < 4.78 is 30.7. The number of carbonyl (C=O) groups is 2. The van der Waals surface area contributed by atoms with Crippen LogP contribution in [0.3, 0.4) is 0 Å². The van der Waals surface area contributed by atoms with Crippen LogP contribution in [0, 0.1) is 0 Å². The molecule has 8 nitrogen and oxygen atoms in total. The normalized spacial score (nSPS) is 12.9. The summed E-state index contributed by atoms with van der Waals surface area (Å²) in [5, 5.41) is 9.03. The highest BCUT2D eigenvalue weighted by Crippen LogP contribution is 2.13. The molecule has 1 unspecified atom stereocenters. The molecule has 1 rings (SSSR count). The lowest BCUT2D eigenvalue weighted by molar-refractivity contribution is -0.139. The molecule has 9 heteroatoms. The molecular weight excluding hydrogens is 300 g/mol. The SMILES string of the molecule is CCCCC(NS(=O)(=O)c1c[nH]c(C(=O)OC)c1)C(=O)O. The largest absolute Gasteiger partial charge is 0.480 e. The van der Waals surface area contributed by atoms with Crippen molar-refractivity contribution in [3.63, 3.8) is 0 Å². The quantitative estimate of drug-likeness (QED) is 0.606. The first-order chi connectivity index (χ1) is 9.81. The van der Waals surface area contributed by atoms with E-state index >= 15 is 0 Å². The molecule has 0 aliphatic rings. The van der Waals surface area contributed by atoms with Crippen LogP contribution in [0.4, 0.5) is 0 Å². The number of carboxylic acids is 1.